The minimum Gasteiger partial charge on any atom is -0.700 e. The van der Waals surface area contributed by atoms with Crippen LogP contribution in [0.5, 0.6) is 0 Å². The number of nitrogens with one attached hydrogen (secondary N) is 1. The van der Waals surface area contributed by atoms with Gasteiger partial charge in [0.1, 0.15) is 0 Å². The zero-order chi connectivity index (χ0) is 39.0. The molecular formula is C36H36N8O4RuS3. The van der Waals surface area contributed by atoms with Crippen molar-refractivity contribution in [1.29, 1.82) is 15.8 Å². The van der Waals surface area contributed by atoms with E-state index in [9.17, 15) is 19.6 Å². The first kappa shape index (κ1) is 50.9. The molecule has 2 aromatic carbocycles. The molecule has 0 saturated heterocycles. The Hall–Kier alpha value is -5.43. The van der Waals surface area contributed by atoms with Crippen molar-refractivity contribution in [2.75, 3.05) is 11.4 Å². The van der Waals surface area contributed by atoms with Crippen molar-refractivity contribution in [1.82, 2.24) is 0 Å². The second kappa shape index (κ2) is 32.8. The molecule has 0 saturated carbocycles. The van der Waals surface area contributed by atoms with E-state index in [1.165, 1.54) is 40.5 Å². The third kappa shape index (κ3) is 19.7. The molecule has 52 heavy (non-hydrogen) atoms. The van der Waals surface area contributed by atoms with Gasteiger partial charge in [0.2, 0.25) is 0 Å². The number of benzene rings is 2. The van der Waals surface area contributed by atoms with Gasteiger partial charge in [0.15, 0.2) is 0 Å². The first-order chi connectivity index (χ1) is 24.7. The number of nitrogens with zero attached hydrogens (tertiary/aromatic N) is 7. The molecule has 0 fully saturated rings. The third-order valence-electron chi connectivity index (χ3n) is 5.77. The number of carboxylic acid groups (broad SMARTS) is 1. The van der Waals surface area contributed by atoms with Gasteiger partial charge in [-0.1, -0.05) is 123 Å². The molecule has 2 N–H and O–H groups in total. The smallest absolute Gasteiger partial charge is 0.700 e. The van der Waals surface area contributed by atoms with Crippen LogP contribution in [0.15, 0.2) is 137 Å². The minimum atomic E-state index is -1.14. The van der Waals surface area contributed by atoms with E-state index in [0.29, 0.717) is 0 Å². The van der Waals surface area contributed by atoms with Gasteiger partial charge < -0.3 is 64.3 Å². The van der Waals surface area contributed by atoms with Gasteiger partial charge in [-0.15, -0.1) is 11.5 Å². The molecule has 0 radical (unpaired) electrons. The van der Waals surface area contributed by atoms with E-state index in [2.05, 4.69) is 58.6 Å². The molecule has 16 heteroatoms. The molecule has 0 aliphatic carbocycles. The summed E-state index contributed by atoms with van der Waals surface area (Å²) in [5.41, 5.74) is 10.9. The summed E-state index contributed by atoms with van der Waals surface area (Å²) in [6, 6.07) is 19.4. The number of hydrogen-bond donors (Lipinski definition) is 1. The van der Waals surface area contributed by atoms with Gasteiger partial charge in [0.05, 0.1) is 5.57 Å². The number of carbonyl (C=O) groups excluding carboxylic acids is 1. The first-order valence-electron chi connectivity index (χ1n) is 15.1. The zero-order valence-electron chi connectivity index (χ0n) is 28.7. The molecule has 1 unspecified atom stereocenters. The van der Waals surface area contributed by atoms with Crippen LogP contribution in [-0.2, 0) is 67.0 Å². The maximum atomic E-state index is 12.2. The summed E-state index contributed by atoms with van der Waals surface area (Å²) in [6.07, 6.45) is 11.2. The summed E-state index contributed by atoms with van der Waals surface area (Å²) in [5, 5.41) is 45.7. The molecule has 0 spiro atoms. The Morgan fingerprint density at radius 2 is 1.44 bits per heavy atom. The monoisotopic (exact) mass is 842 g/mol. The predicted molar refractivity (Wildman–Crippen MR) is 209 cm³/mol. The molecular weight excluding hydrogens is 806 g/mol. The van der Waals surface area contributed by atoms with Gasteiger partial charge in [0, 0.05) is 27.8 Å². The van der Waals surface area contributed by atoms with Crippen molar-refractivity contribution >= 4 is 61.1 Å². The molecule has 4 rings (SSSR count). The van der Waals surface area contributed by atoms with Gasteiger partial charge in [-0.25, -0.2) is 20.6 Å². The fraction of sp³-hybridized carbons (Fsp3) is 0.194. The summed E-state index contributed by atoms with van der Waals surface area (Å²) in [6.45, 7) is 8.10. The number of nitriles is 3. The minimum absolute atomic E-state index is 0. The SMILES string of the molecule is CC.CC.N#C[S-].N#C[S-].N#C[S-].[NH-]/C(=C\C(=C/CC1C=C(N(c2ccccc2)c2ccccc2)C=C[N-]1)C(=O)N=O)C1=CC(C(=O)O)=CC[N-]1.[Ru+6]. The summed E-state index contributed by atoms with van der Waals surface area (Å²) >= 11 is 11.1. The number of para-hydroxylation sites is 2. The van der Waals surface area contributed by atoms with Crippen molar-refractivity contribution in [3.63, 3.8) is 0 Å². The van der Waals surface area contributed by atoms with Crippen LogP contribution in [0.3, 0.4) is 0 Å². The Morgan fingerprint density at radius 3 is 1.88 bits per heavy atom. The maximum absolute atomic E-state index is 12.2. The number of rotatable bonds is 9. The average molecular weight is 842 g/mol. The number of hydrogen-bond acceptors (Lipinski definition) is 10. The summed E-state index contributed by atoms with van der Waals surface area (Å²) in [7, 11) is 0. The van der Waals surface area contributed by atoms with Crippen molar-refractivity contribution in [3.05, 3.63) is 153 Å². The Kier molecular flexibility index (Phi) is 32.1. The van der Waals surface area contributed by atoms with Gasteiger partial charge in [-0.3, -0.25) is 4.79 Å². The van der Waals surface area contributed by atoms with Crippen LogP contribution in [0.2, 0.25) is 0 Å². The Bertz CT molecular complexity index is 1630. The van der Waals surface area contributed by atoms with Crippen molar-refractivity contribution in [2.45, 2.75) is 40.2 Å². The van der Waals surface area contributed by atoms with Gasteiger partial charge in [0.25, 0.3) is 0 Å². The molecule has 12 nitrogen and oxygen atoms in total. The Balaban J connectivity index is -0.00000151. The Labute approximate surface area is 335 Å². The number of amides is 1. The predicted octanol–water partition coefficient (Wildman–Crippen LogP) is 8.90. The number of carboxylic acids is 1. The van der Waals surface area contributed by atoms with E-state index in [1.807, 2.05) is 101 Å². The van der Waals surface area contributed by atoms with E-state index in [4.69, 9.17) is 21.5 Å². The number of aliphatic carboxylic acids is 1. The molecule has 0 aromatic heterocycles. The maximum Gasteiger partial charge on any atom is 6.00 e. The fourth-order valence-electron chi connectivity index (χ4n) is 3.95. The molecule has 1 atom stereocenters. The standard InChI is InChI=1S/C29H24N5O4.2C2H6.3CHNS.Ru/c30-26(27-18-21(29(36)37)13-15-32-27)17-20(28(35)33-38)11-12-22-19-25(14-16-31-22)34(23-7-3-1-4-8-23)24-9-5-2-6-10-24;2*1-2;3*2-1-3;/h1-11,13-14,16-19,22,30H,12,15H2,(H,36,37);2*1-2H3;3*3H;/q-3;;;;;;+6/p-3/b20-11+,26-17-;;;;;;. The molecule has 270 valence electrons. The second-order valence-corrected chi connectivity index (χ2v) is 9.14. The normalized spacial score (nSPS) is 13.2. The van der Waals surface area contributed by atoms with E-state index in [0.717, 1.165) is 17.1 Å². The van der Waals surface area contributed by atoms with Crippen LogP contribution in [-0.4, -0.2) is 29.6 Å². The van der Waals surface area contributed by atoms with Gasteiger partial charge in [-0.2, -0.15) is 17.6 Å². The summed E-state index contributed by atoms with van der Waals surface area (Å²) < 4.78 is 0. The molecule has 2 heterocycles. The number of anilines is 2. The van der Waals surface area contributed by atoms with Gasteiger partial charge in [-0.05, 0) is 30.7 Å². The summed E-state index contributed by atoms with van der Waals surface area (Å²) in [4.78, 5) is 36.6. The van der Waals surface area contributed by atoms with Crippen molar-refractivity contribution in [3.8, 4) is 16.2 Å². The van der Waals surface area contributed by atoms with Crippen LogP contribution < -0.4 is 4.90 Å². The van der Waals surface area contributed by atoms with Crippen LogP contribution in [0, 0.1) is 36.9 Å². The van der Waals surface area contributed by atoms with E-state index < -0.39 is 11.9 Å². The van der Waals surface area contributed by atoms with Crippen molar-refractivity contribution in [2.24, 2.45) is 5.18 Å². The largest absolute Gasteiger partial charge is 6.00 e. The average Bonchev–Trinajstić information content (AvgIpc) is 3.17. The number of nitroso groups, excluding NO2 is 1. The molecule has 1 amide bonds. The zero-order valence-corrected chi connectivity index (χ0v) is 32.9. The topological polar surface area (TPSA) is 210 Å². The summed E-state index contributed by atoms with van der Waals surface area (Å²) in [5.74, 6) is -2.17. The van der Waals surface area contributed by atoms with Crippen LogP contribution >= 0.6 is 0 Å². The number of carbonyl (C=O) groups is 2. The van der Waals surface area contributed by atoms with Crippen LogP contribution in [0.25, 0.3) is 16.4 Å². The van der Waals surface area contributed by atoms with Crippen LogP contribution in [0.4, 0.5) is 11.4 Å². The van der Waals surface area contributed by atoms with E-state index >= 15 is 0 Å². The molecule has 2 aliphatic heterocycles. The van der Waals surface area contributed by atoms with Crippen LogP contribution in [0.1, 0.15) is 34.1 Å². The second-order valence-electron chi connectivity index (χ2n) is 8.59. The molecule has 2 aromatic rings. The van der Waals surface area contributed by atoms with E-state index in [-0.39, 0.29) is 61.0 Å². The van der Waals surface area contributed by atoms with E-state index in [1.54, 1.807) is 6.20 Å². The Morgan fingerprint density at radius 1 is 0.962 bits per heavy atom. The van der Waals surface area contributed by atoms with Gasteiger partial charge >= 0.3 is 31.4 Å². The quantitative estimate of drug-likeness (QED) is 0.0629. The molecule has 0 bridgehead atoms. The van der Waals surface area contributed by atoms with Crippen molar-refractivity contribution < 1.29 is 34.2 Å². The number of allylic oxidation sites excluding steroid dienone is 1. The third-order valence-corrected chi connectivity index (χ3v) is 5.77. The molecule has 2 aliphatic rings. The fourth-order valence-corrected chi connectivity index (χ4v) is 3.95. The first-order valence-corrected chi connectivity index (χ1v) is 16.3. The number of thiocyanates is 3.